The quantitative estimate of drug-likeness (QED) is 0.574. The topological polar surface area (TPSA) is 46.6 Å². The lowest BCUT2D eigenvalue weighted by molar-refractivity contribution is -0.117. The van der Waals surface area contributed by atoms with Crippen molar-refractivity contribution in [2.45, 2.75) is 19.8 Å². The number of hydrogen-bond acceptors (Lipinski definition) is 3. The summed E-state index contributed by atoms with van der Waals surface area (Å²) in [4.78, 5) is 23.4. The van der Waals surface area contributed by atoms with Crippen molar-refractivity contribution in [1.82, 2.24) is 4.90 Å². The Morgan fingerprint density at radius 3 is 2.38 bits per heavy atom. The van der Waals surface area contributed by atoms with E-state index in [-0.39, 0.29) is 11.5 Å². The fourth-order valence-electron chi connectivity index (χ4n) is 1.45. The number of nitrogens with zero attached hydrogens (tertiary/aromatic N) is 1. The molecule has 4 heteroatoms. The first-order chi connectivity index (χ1) is 6.11. The molecule has 1 saturated heterocycles. The molecule has 1 aliphatic rings. The molecule has 0 radical (unpaired) electrons. The molecule has 0 bridgehead atoms. The zero-order valence-corrected chi connectivity index (χ0v) is 8.08. The Morgan fingerprint density at radius 1 is 1.46 bits per heavy atom. The number of methoxy groups -OCH3 is 1. The minimum absolute atomic E-state index is 0.246. The van der Waals surface area contributed by atoms with Crippen LogP contribution in [0, 0.1) is 5.41 Å². The van der Waals surface area contributed by atoms with Crippen LogP contribution in [-0.4, -0.2) is 37.5 Å². The van der Waals surface area contributed by atoms with Crippen molar-refractivity contribution < 1.29 is 14.3 Å². The van der Waals surface area contributed by atoms with E-state index in [1.54, 1.807) is 4.90 Å². The summed E-state index contributed by atoms with van der Waals surface area (Å²) in [6, 6.07) is 0. The number of amides is 1. The molecule has 1 aliphatic heterocycles. The smallest absolute Gasteiger partial charge is 0.409 e. The van der Waals surface area contributed by atoms with Gasteiger partial charge in [0.1, 0.15) is 6.29 Å². The van der Waals surface area contributed by atoms with E-state index in [1.807, 2.05) is 6.92 Å². The maximum absolute atomic E-state index is 11.1. The zero-order chi connectivity index (χ0) is 9.90. The van der Waals surface area contributed by atoms with E-state index in [1.165, 1.54) is 7.11 Å². The number of aldehydes is 1. The van der Waals surface area contributed by atoms with Gasteiger partial charge in [-0.3, -0.25) is 0 Å². The Bertz CT molecular complexity index is 207. The van der Waals surface area contributed by atoms with E-state index in [4.69, 9.17) is 0 Å². The number of carbonyl (C=O) groups is 2. The first-order valence-corrected chi connectivity index (χ1v) is 4.40. The Morgan fingerprint density at radius 2 is 2.00 bits per heavy atom. The third kappa shape index (κ3) is 2.20. The lowest BCUT2D eigenvalue weighted by Gasteiger charge is -2.34. The standard InChI is InChI=1S/C9H15NO3/c1-9(7-11)3-5-10(6-4-9)8(12)13-2/h7H,3-6H2,1-2H3. The van der Waals surface area contributed by atoms with Crippen LogP contribution in [-0.2, 0) is 9.53 Å². The second-order valence-electron chi connectivity index (χ2n) is 3.73. The first-order valence-electron chi connectivity index (χ1n) is 4.40. The number of piperidine rings is 1. The van der Waals surface area contributed by atoms with E-state index >= 15 is 0 Å². The summed E-state index contributed by atoms with van der Waals surface area (Å²) in [5, 5.41) is 0. The van der Waals surface area contributed by atoms with Crippen molar-refractivity contribution in [1.29, 1.82) is 0 Å². The average molecular weight is 185 g/mol. The lowest BCUT2D eigenvalue weighted by atomic mass is 9.82. The van der Waals surface area contributed by atoms with Crippen LogP contribution < -0.4 is 0 Å². The molecule has 1 fully saturated rings. The highest BCUT2D eigenvalue weighted by molar-refractivity contribution is 5.68. The zero-order valence-electron chi connectivity index (χ0n) is 8.08. The molecule has 13 heavy (non-hydrogen) atoms. The average Bonchev–Trinajstić information content (AvgIpc) is 2.18. The number of ether oxygens (including phenoxy) is 1. The molecule has 0 aromatic heterocycles. The molecule has 0 spiro atoms. The predicted octanol–water partition coefficient (Wildman–Crippen LogP) is 1.05. The van der Waals surface area contributed by atoms with E-state index in [2.05, 4.69) is 4.74 Å². The molecule has 0 unspecified atom stereocenters. The number of likely N-dealkylation sites (tertiary alicyclic amines) is 1. The minimum atomic E-state index is -0.298. The molecular weight excluding hydrogens is 170 g/mol. The van der Waals surface area contributed by atoms with Crippen LogP contribution in [0.15, 0.2) is 0 Å². The van der Waals surface area contributed by atoms with Gasteiger partial charge >= 0.3 is 6.09 Å². The monoisotopic (exact) mass is 185 g/mol. The Hall–Kier alpha value is -1.06. The fourth-order valence-corrected chi connectivity index (χ4v) is 1.45. The van der Waals surface area contributed by atoms with Crippen LogP contribution >= 0.6 is 0 Å². The third-order valence-corrected chi connectivity index (χ3v) is 2.62. The number of hydrogen-bond donors (Lipinski definition) is 0. The largest absolute Gasteiger partial charge is 0.453 e. The van der Waals surface area contributed by atoms with Gasteiger partial charge in [-0.2, -0.15) is 0 Å². The van der Waals surface area contributed by atoms with Gasteiger partial charge < -0.3 is 14.4 Å². The van der Waals surface area contributed by atoms with E-state index < -0.39 is 0 Å². The van der Waals surface area contributed by atoms with Gasteiger partial charge in [-0.1, -0.05) is 6.92 Å². The van der Waals surface area contributed by atoms with Crippen molar-refractivity contribution in [2.75, 3.05) is 20.2 Å². The van der Waals surface area contributed by atoms with Gasteiger partial charge in [0.15, 0.2) is 0 Å². The second-order valence-corrected chi connectivity index (χ2v) is 3.73. The molecule has 0 aliphatic carbocycles. The highest BCUT2D eigenvalue weighted by atomic mass is 16.5. The molecule has 4 nitrogen and oxygen atoms in total. The van der Waals surface area contributed by atoms with Gasteiger partial charge in [-0.15, -0.1) is 0 Å². The molecule has 74 valence electrons. The van der Waals surface area contributed by atoms with Gasteiger partial charge in [-0.25, -0.2) is 4.79 Å². The summed E-state index contributed by atoms with van der Waals surface area (Å²) in [6.45, 7) is 3.15. The van der Waals surface area contributed by atoms with Crippen LogP contribution in [0.25, 0.3) is 0 Å². The van der Waals surface area contributed by atoms with Crippen LogP contribution in [0.2, 0.25) is 0 Å². The first kappa shape index (κ1) is 10.0. The number of carbonyl (C=O) groups excluding carboxylic acids is 2. The summed E-state index contributed by atoms with van der Waals surface area (Å²) < 4.78 is 4.59. The second kappa shape index (κ2) is 3.77. The van der Waals surface area contributed by atoms with E-state index in [0.29, 0.717) is 13.1 Å². The normalized spacial score (nSPS) is 20.9. The van der Waals surface area contributed by atoms with Crippen molar-refractivity contribution in [3.63, 3.8) is 0 Å². The van der Waals surface area contributed by atoms with Crippen LogP contribution in [0.5, 0.6) is 0 Å². The molecule has 0 aromatic rings. The van der Waals surface area contributed by atoms with Crippen molar-refractivity contribution in [3.05, 3.63) is 0 Å². The molecular formula is C9H15NO3. The van der Waals surface area contributed by atoms with Crippen molar-refractivity contribution >= 4 is 12.4 Å². The molecule has 0 aromatic carbocycles. The maximum atomic E-state index is 11.1. The van der Waals surface area contributed by atoms with Crippen molar-refractivity contribution in [3.8, 4) is 0 Å². The Labute approximate surface area is 77.8 Å². The SMILES string of the molecule is COC(=O)N1CCC(C)(C=O)CC1. The van der Waals surface area contributed by atoms with Crippen LogP contribution in [0.3, 0.4) is 0 Å². The summed E-state index contributed by atoms with van der Waals surface area (Å²) in [5.74, 6) is 0. The molecule has 1 amide bonds. The van der Waals surface area contributed by atoms with Gasteiger partial charge in [0.05, 0.1) is 7.11 Å². The van der Waals surface area contributed by atoms with Gasteiger partial charge in [0.2, 0.25) is 0 Å². The van der Waals surface area contributed by atoms with E-state index in [9.17, 15) is 9.59 Å². The molecule has 1 heterocycles. The summed E-state index contributed by atoms with van der Waals surface area (Å²) in [5.41, 5.74) is -0.246. The van der Waals surface area contributed by atoms with Gasteiger partial charge in [0.25, 0.3) is 0 Å². The summed E-state index contributed by atoms with van der Waals surface area (Å²) in [7, 11) is 1.37. The molecule has 1 rings (SSSR count). The van der Waals surface area contributed by atoms with E-state index in [0.717, 1.165) is 19.1 Å². The highest BCUT2D eigenvalue weighted by Gasteiger charge is 2.31. The third-order valence-electron chi connectivity index (χ3n) is 2.62. The van der Waals surface area contributed by atoms with Crippen LogP contribution in [0.4, 0.5) is 4.79 Å². The maximum Gasteiger partial charge on any atom is 0.409 e. The Kier molecular flexibility index (Phi) is 2.90. The molecule has 0 N–H and O–H groups in total. The molecule has 0 atom stereocenters. The van der Waals surface area contributed by atoms with Crippen molar-refractivity contribution in [2.24, 2.45) is 5.41 Å². The predicted molar refractivity (Wildman–Crippen MR) is 47.4 cm³/mol. The highest BCUT2D eigenvalue weighted by Crippen LogP contribution is 2.28. The van der Waals surface area contributed by atoms with Gasteiger partial charge in [-0.05, 0) is 12.8 Å². The van der Waals surface area contributed by atoms with Crippen LogP contribution in [0.1, 0.15) is 19.8 Å². The number of rotatable bonds is 1. The summed E-state index contributed by atoms with van der Waals surface area (Å²) >= 11 is 0. The lowest BCUT2D eigenvalue weighted by Crippen LogP contribution is -2.42. The van der Waals surface area contributed by atoms with Gasteiger partial charge in [0, 0.05) is 18.5 Å². The minimum Gasteiger partial charge on any atom is -0.453 e. The summed E-state index contributed by atoms with van der Waals surface area (Å²) in [6.07, 6.45) is 2.15. The fraction of sp³-hybridized carbons (Fsp3) is 0.778. The Balaban J connectivity index is 2.47. The molecule has 0 saturated carbocycles.